The van der Waals surface area contributed by atoms with E-state index in [1.54, 1.807) is 5.38 Å². The highest BCUT2D eigenvalue weighted by molar-refractivity contribution is 7.14. The molecule has 0 amide bonds. The number of nitrogen functional groups attached to an aromatic ring is 1. The highest BCUT2D eigenvalue weighted by atomic mass is 35.5. The van der Waals surface area contributed by atoms with Crippen LogP contribution in [-0.2, 0) is 0 Å². The Bertz CT molecular complexity index is 662. The number of nitrogens with one attached hydrogen (secondary N) is 1. The van der Waals surface area contributed by atoms with E-state index < -0.39 is 5.82 Å². The zero-order chi connectivity index (χ0) is 14.7. The van der Waals surface area contributed by atoms with Gasteiger partial charge in [-0.05, 0) is 6.07 Å². The molecule has 5 nitrogen and oxygen atoms in total. The Morgan fingerprint density at radius 3 is 2.85 bits per heavy atom. The SMILES string of the molecule is COc1c(Cl)cc(Cl)c(C=NNc2nc(N)cs2)c1F. The van der Waals surface area contributed by atoms with Gasteiger partial charge < -0.3 is 10.5 Å². The maximum atomic E-state index is 14.1. The van der Waals surface area contributed by atoms with E-state index in [-0.39, 0.29) is 21.4 Å². The second kappa shape index (κ2) is 6.25. The minimum atomic E-state index is -0.686. The van der Waals surface area contributed by atoms with Crippen LogP contribution in [-0.4, -0.2) is 18.3 Å². The largest absolute Gasteiger partial charge is 0.492 e. The molecule has 3 N–H and O–H groups in total. The van der Waals surface area contributed by atoms with Crippen molar-refractivity contribution in [3.05, 3.63) is 32.9 Å². The Morgan fingerprint density at radius 2 is 2.25 bits per heavy atom. The molecular weight excluding hydrogens is 326 g/mol. The van der Waals surface area contributed by atoms with E-state index in [2.05, 4.69) is 15.5 Å². The van der Waals surface area contributed by atoms with Gasteiger partial charge in [0.05, 0.1) is 28.9 Å². The van der Waals surface area contributed by atoms with Crippen molar-refractivity contribution in [3.63, 3.8) is 0 Å². The Morgan fingerprint density at radius 1 is 1.50 bits per heavy atom. The van der Waals surface area contributed by atoms with Crippen molar-refractivity contribution in [1.29, 1.82) is 0 Å². The van der Waals surface area contributed by atoms with Crippen LogP contribution < -0.4 is 15.9 Å². The second-order valence-electron chi connectivity index (χ2n) is 3.55. The highest BCUT2D eigenvalue weighted by Crippen LogP contribution is 2.33. The zero-order valence-corrected chi connectivity index (χ0v) is 12.5. The van der Waals surface area contributed by atoms with Gasteiger partial charge in [-0.2, -0.15) is 5.10 Å². The number of aromatic nitrogens is 1. The molecule has 2 rings (SSSR count). The number of anilines is 2. The van der Waals surface area contributed by atoms with Crippen LogP contribution in [0.5, 0.6) is 5.75 Å². The number of benzene rings is 1. The summed E-state index contributed by atoms with van der Waals surface area (Å²) in [6, 6.07) is 1.38. The van der Waals surface area contributed by atoms with Gasteiger partial charge in [0, 0.05) is 5.38 Å². The standard InChI is InChI=1S/C11H9Cl2FN4OS/c1-19-10-7(13)2-6(12)5(9(10)14)3-16-18-11-17-8(15)4-20-11/h2-4H,15H2,1H3,(H,17,18). The molecule has 0 atom stereocenters. The number of nitrogens with zero attached hydrogens (tertiary/aromatic N) is 2. The monoisotopic (exact) mass is 334 g/mol. The Balaban J connectivity index is 2.24. The maximum Gasteiger partial charge on any atom is 0.205 e. The molecule has 0 unspecified atom stereocenters. The number of nitrogens with two attached hydrogens (primary N) is 1. The summed E-state index contributed by atoms with van der Waals surface area (Å²) in [5.74, 6) is -0.393. The van der Waals surface area contributed by atoms with Gasteiger partial charge in [0.2, 0.25) is 5.13 Å². The third kappa shape index (κ3) is 3.12. The minimum Gasteiger partial charge on any atom is -0.492 e. The summed E-state index contributed by atoms with van der Waals surface area (Å²) in [5.41, 5.74) is 8.14. The molecule has 0 fully saturated rings. The van der Waals surface area contributed by atoms with Crippen molar-refractivity contribution in [3.8, 4) is 5.75 Å². The fourth-order valence-corrected chi connectivity index (χ4v) is 2.50. The average molecular weight is 335 g/mol. The predicted molar refractivity (Wildman–Crippen MR) is 80.7 cm³/mol. The summed E-state index contributed by atoms with van der Waals surface area (Å²) in [7, 11) is 1.32. The fourth-order valence-electron chi connectivity index (χ4n) is 1.38. The molecule has 0 saturated heterocycles. The molecule has 1 heterocycles. The van der Waals surface area contributed by atoms with Crippen molar-refractivity contribution < 1.29 is 9.13 Å². The summed E-state index contributed by atoms with van der Waals surface area (Å²) in [5, 5.41) is 6.19. The lowest BCUT2D eigenvalue weighted by Crippen LogP contribution is -1.98. The van der Waals surface area contributed by atoms with Crippen LogP contribution in [0.25, 0.3) is 0 Å². The maximum absolute atomic E-state index is 14.1. The van der Waals surface area contributed by atoms with Crippen molar-refractivity contribution in [2.45, 2.75) is 0 Å². The molecule has 0 bridgehead atoms. The predicted octanol–water partition coefficient (Wildman–Crippen LogP) is 3.63. The first kappa shape index (κ1) is 14.8. The molecule has 1 aromatic heterocycles. The van der Waals surface area contributed by atoms with E-state index in [9.17, 15) is 4.39 Å². The first-order valence-corrected chi connectivity index (χ1v) is 6.88. The average Bonchev–Trinajstić information content (AvgIpc) is 2.79. The third-order valence-electron chi connectivity index (χ3n) is 2.24. The smallest absolute Gasteiger partial charge is 0.205 e. The summed E-state index contributed by atoms with van der Waals surface area (Å²) in [6.07, 6.45) is 1.22. The Labute approximate surface area is 128 Å². The van der Waals surface area contributed by atoms with E-state index in [1.165, 1.54) is 30.7 Å². The minimum absolute atomic E-state index is 0.0601. The van der Waals surface area contributed by atoms with E-state index in [1.807, 2.05) is 0 Å². The van der Waals surface area contributed by atoms with Crippen molar-refractivity contribution in [1.82, 2.24) is 4.98 Å². The molecule has 0 radical (unpaired) electrons. The van der Waals surface area contributed by atoms with Gasteiger partial charge in [0.1, 0.15) is 5.82 Å². The number of hydrazone groups is 1. The molecule has 2 aromatic rings. The lowest BCUT2D eigenvalue weighted by molar-refractivity contribution is 0.386. The Hall–Kier alpha value is -1.57. The number of methoxy groups -OCH3 is 1. The van der Waals surface area contributed by atoms with E-state index in [0.29, 0.717) is 10.9 Å². The second-order valence-corrected chi connectivity index (χ2v) is 5.22. The molecule has 1 aromatic carbocycles. The number of ether oxygens (including phenoxy) is 1. The fraction of sp³-hybridized carbons (Fsp3) is 0.0909. The van der Waals surface area contributed by atoms with Crippen LogP contribution >= 0.6 is 34.5 Å². The van der Waals surface area contributed by atoms with Crippen LogP contribution in [0.1, 0.15) is 5.56 Å². The number of thiazole rings is 1. The van der Waals surface area contributed by atoms with Gasteiger partial charge in [-0.1, -0.05) is 23.2 Å². The van der Waals surface area contributed by atoms with Gasteiger partial charge >= 0.3 is 0 Å². The number of hydrogen-bond donors (Lipinski definition) is 2. The molecular formula is C11H9Cl2FN4OS. The third-order valence-corrected chi connectivity index (χ3v) is 3.60. The van der Waals surface area contributed by atoms with Gasteiger partial charge in [-0.15, -0.1) is 11.3 Å². The first-order valence-electron chi connectivity index (χ1n) is 5.24. The molecule has 0 aliphatic heterocycles. The summed E-state index contributed by atoms with van der Waals surface area (Å²) in [6.45, 7) is 0. The normalized spacial score (nSPS) is 11.0. The van der Waals surface area contributed by atoms with Crippen LogP contribution in [0.3, 0.4) is 0 Å². The van der Waals surface area contributed by atoms with Crippen LogP contribution in [0, 0.1) is 5.82 Å². The summed E-state index contributed by atoms with van der Waals surface area (Å²) >= 11 is 13.0. The van der Waals surface area contributed by atoms with E-state index in [4.69, 9.17) is 33.7 Å². The molecule has 0 aliphatic rings. The molecule has 0 spiro atoms. The van der Waals surface area contributed by atoms with E-state index in [0.717, 1.165) is 0 Å². The van der Waals surface area contributed by atoms with Crippen molar-refractivity contribution in [2.75, 3.05) is 18.3 Å². The Kier molecular flexibility index (Phi) is 4.64. The summed E-state index contributed by atoms with van der Waals surface area (Å²) < 4.78 is 18.9. The topological polar surface area (TPSA) is 72.5 Å². The molecule has 106 valence electrons. The molecule has 0 saturated carbocycles. The van der Waals surface area contributed by atoms with Gasteiger partial charge in [-0.3, -0.25) is 5.43 Å². The van der Waals surface area contributed by atoms with E-state index >= 15 is 0 Å². The quantitative estimate of drug-likeness (QED) is 0.661. The van der Waals surface area contributed by atoms with Gasteiger partial charge in [0.25, 0.3) is 0 Å². The lowest BCUT2D eigenvalue weighted by Gasteiger charge is -2.08. The number of hydrogen-bond acceptors (Lipinski definition) is 6. The highest BCUT2D eigenvalue weighted by Gasteiger charge is 2.16. The van der Waals surface area contributed by atoms with Gasteiger partial charge in [-0.25, -0.2) is 9.37 Å². The summed E-state index contributed by atoms with van der Waals surface area (Å²) in [4.78, 5) is 3.93. The zero-order valence-electron chi connectivity index (χ0n) is 10.2. The number of rotatable bonds is 4. The van der Waals surface area contributed by atoms with Crippen LogP contribution in [0.4, 0.5) is 15.3 Å². The van der Waals surface area contributed by atoms with Crippen LogP contribution in [0.2, 0.25) is 10.0 Å². The molecule has 0 aliphatic carbocycles. The van der Waals surface area contributed by atoms with Crippen molar-refractivity contribution in [2.24, 2.45) is 5.10 Å². The van der Waals surface area contributed by atoms with Crippen molar-refractivity contribution >= 4 is 51.7 Å². The molecule has 20 heavy (non-hydrogen) atoms. The first-order chi connectivity index (χ1) is 9.52. The van der Waals surface area contributed by atoms with Gasteiger partial charge in [0.15, 0.2) is 11.6 Å². The molecule has 9 heteroatoms. The van der Waals surface area contributed by atoms with Crippen LogP contribution in [0.15, 0.2) is 16.5 Å². The number of halogens is 3. The lowest BCUT2D eigenvalue weighted by atomic mass is 10.2.